The van der Waals surface area contributed by atoms with E-state index in [1.807, 2.05) is 0 Å². The Balaban J connectivity index is 1.12. The fourth-order valence-corrected chi connectivity index (χ4v) is 10.4. The van der Waals surface area contributed by atoms with Gasteiger partial charge in [-0.25, -0.2) is 9.97 Å². The predicted molar refractivity (Wildman–Crippen MR) is 234 cm³/mol. The minimum absolute atomic E-state index is 0.522. The number of thiophene rings is 1. The molecule has 3 heterocycles. The van der Waals surface area contributed by atoms with Crippen LogP contribution in [0.2, 0.25) is 0 Å². The van der Waals surface area contributed by atoms with Crippen LogP contribution >= 0.6 is 11.3 Å². The lowest BCUT2D eigenvalue weighted by Gasteiger charge is -2.39. The fraction of sp³-hybridized carbons (Fsp3) is 0.0189. The highest BCUT2D eigenvalue weighted by atomic mass is 32.1. The van der Waals surface area contributed by atoms with E-state index in [0.717, 1.165) is 77.3 Å². The number of ether oxygens (including phenoxy) is 1. The van der Waals surface area contributed by atoms with Gasteiger partial charge in [0.1, 0.15) is 11.5 Å². The molecule has 0 radical (unpaired) electrons. The minimum Gasteiger partial charge on any atom is -0.457 e. The van der Waals surface area contributed by atoms with Crippen LogP contribution in [0.3, 0.4) is 0 Å². The van der Waals surface area contributed by atoms with E-state index in [4.69, 9.17) is 14.7 Å². The molecular weight excluding hydrogens is 713 g/mol. The smallest absolute Gasteiger partial charge is 0.160 e. The highest BCUT2D eigenvalue weighted by molar-refractivity contribution is 7.26. The number of aromatic nitrogens is 2. The number of para-hydroxylation sites is 2. The molecule has 8 aromatic carbocycles. The third-order valence-corrected chi connectivity index (χ3v) is 12.9. The van der Waals surface area contributed by atoms with Gasteiger partial charge in [0.05, 0.1) is 21.3 Å². The van der Waals surface area contributed by atoms with Gasteiger partial charge in [-0.05, 0) is 87.0 Å². The Kier molecular flexibility index (Phi) is 7.01. The summed E-state index contributed by atoms with van der Waals surface area (Å²) in [5.74, 6) is 2.49. The molecule has 0 unspecified atom stereocenters. The predicted octanol–water partition coefficient (Wildman–Crippen LogP) is 14.0. The zero-order chi connectivity index (χ0) is 37.5. The number of fused-ring (bicyclic) bond motifs is 12. The van der Waals surface area contributed by atoms with Crippen LogP contribution in [0.25, 0.3) is 76.3 Å². The summed E-state index contributed by atoms with van der Waals surface area (Å²) in [5.41, 5.74) is 15.3. The Hall–Kier alpha value is -7.14. The van der Waals surface area contributed by atoms with Crippen LogP contribution in [0, 0.1) is 0 Å². The molecule has 57 heavy (non-hydrogen) atoms. The van der Waals surface area contributed by atoms with Crippen molar-refractivity contribution in [1.29, 1.82) is 0 Å². The summed E-state index contributed by atoms with van der Waals surface area (Å²) < 4.78 is 8.86. The van der Waals surface area contributed by atoms with Crippen molar-refractivity contribution in [2.45, 2.75) is 5.41 Å². The lowest BCUT2D eigenvalue weighted by molar-refractivity contribution is 0.436. The molecule has 0 saturated carbocycles. The van der Waals surface area contributed by atoms with Crippen LogP contribution in [-0.4, -0.2) is 9.97 Å². The van der Waals surface area contributed by atoms with Crippen LogP contribution in [0.15, 0.2) is 194 Å². The zero-order valence-corrected chi connectivity index (χ0v) is 31.5. The largest absolute Gasteiger partial charge is 0.457 e. The summed E-state index contributed by atoms with van der Waals surface area (Å²) in [4.78, 5) is 10.9. The molecule has 1 aliphatic heterocycles. The first kappa shape index (κ1) is 32.1. The second-order valence-corrected chi connectivity index (χ2v) is 15.9. The molecule has 0 atom stereocenters. The van der Waals surface area contributed by atoms with E-state index in [1.54, 1.807) is 11.3 Å². The van der Waals surface area contributed by atoms with Gasteiger partial charge in [-0.1, -0.05) is 152 Å². The van der Waals surface area contributed by atoms with E-state index < -0.39 is 5.41 Å². The molecule has 4 heteroatoms. The van der Waals surface area contributed by atoms with Gasteiger partial charge in [-0.15, -0.1) is 11.3 Å². The molecule has 266 valence electrons. The van der Waals surface area contributed by atoms with Crippen molar-refractivity contribution in [3.05, 3.63) is 216 Å². The molecule has 0 saturated heterocycles. The Morgan fingerprint density at radius 2 is 0.965 bits per heavy atom. The monoisotopic (exact) mass is 744 g/mol. The van der Waals surface area contributed by atoms with E-state index in [0.29, 0.717) is 5.82 Å². The first-order valence-electron chi connectivity index (χ1n) is 19.3. The molecule has 0 fully saturated rings. The second kappa shape index (κ2) is 12.4. The topological polar surface area (TPSA) is 35.0 Å². The zero-order valence-electron chi connectivity index (χ0n) is 30.7. The van der Waals surface area contributed by atoms with Crippen molar-refractivity contribution < 1.29 is 4.74 Å². The lowest BCUT2D eigenvalue weighted by atomic mass is 9.66. The number of nitrogens with zero attached hydrogens (tertiary/aromatic N) is 2. The third kappa shape index (κ3) is 4.78. The van der Waals surface area contributed by atoms with Crippen molar-refractivity contribution in [2.24, 2.45) is 0 Å². The SMILES string of the molecule is c1ccc(-c2cc(-c3ccccc3)cc(-c3nc(-c4ccc5c(c4)-c4ccccc4C54c5ccccc5Oc5ccccc54)c4sc5ccccc5c4n3)c2)cc1. The highest BCUT2D eigenvalue weighted by Gasteiger charge is 2.51. The average molecular weight is 745 g/mol. The van der Waals surface area contributed by atoms with Crippen molar-refractivity contribution in [2.75, 3.05) is 0 Å². The standard InChI is InChI=1S/C53H32N2OS/c1-3-15-33(16-4-1)36-29-37(34-17-5-2-6-18-34)31-38(30-36)52-54-49(51-50(55-52)40-20-8-14-26-48(40)57-51)35-27-28-43-41(32-35)39-19-7-9-21-42(39)53(43)44-22-10-12-24-46(44)56-47-25-13-11-23-45(47)53/h1-32H. The van der Waals surface area contributed by atoms with Crippen molar-refractivity contribution >= 4 is 31.6 Å². The number of benzene rings is 8. The highest BCUT2D eigenvalue weighted by Crippen LogP contribution is 2.62. The normalized spacial score (nSPS) is 13.2. The summed E-state index contributed by atoms with van der Waals surface area (Å²) in [6.45, 7) is 0. The molecule has 0 amide bonds. The number of hydrogen-bond donors (Lipinski definition) is 0. The van der Waals surface area contributed by atoms with E-state index in [2.05, 4.69) is 194 Å². The first-order chi connectivity index (χ1) is 28.2. The van der Waals surface area contributed by atoms with Gasteiger partial charge in [-0.2, -0.15) is 0 Å². The van der Waals surface area contributed by atoms with E-state index in [9.17, 15) is 0 Å². The number of hydrogen-bond acceptors (Lipinski definition) is 4. The Morgan fingerprint density at radius 1 is 0.404 bits per heavy atom. The lowest BCUT2D eigenvalue weighted by Crippen LogP contribution is -2.32. The van der Waals surface area contributed by atoms with E-state index in [1.165, 1.54) is 27.0 Å². The Morgan fingerprint density at radius 3 is 1.67 bits per heavy atom. The maximum absolute atomic E-state index is 6.58. The molecular formula is C53H32N2OS. The van der Waals surface area contributed by atoms with Gasteiger partial charge in [0.2, 0.25) is 0 Å². The van der Waals surface area contributed by atoms with Crippen LogP contribution < -0.4 is 4.74 Å². The van der Waals surface area contributed by atoms with Gasteiger partial charge >= 0.3 is 0 Å². The minimum atomic E-state index is -0.522. The van der Waals surface area contributed by atoms with Crippen LogP contribution in [0.1, 0.15) is 22.3 Å². The summed E-state index contributed by atoms with van der Waals surface area (Å²) in [5, 5.41) is 1.14. The summed E-state index contributed by atoms with van der Waals surface area (Å²) in [7, 11) is 0. The molecule has 10 aromatic rings. The van der Waals surface area contributed by atoms with Gasteiger partial charge in [0, 0.05) is 32.3 Å². The number of rotatable bonds is 4. The van der Waals surface area contributed by atoms with E-state index >= 15 is 0 Å². The van der Waals surface area contributed by atoms with Crippen LogP contribution in [-0.2, 0) is 5.41 Å². The molecule has 0 bridgehead atoms. The fourth-order valence-electron chi connectivity index (χ4n) is 9.27. The summed E-state index contributed by atoms with van der Waals surface area (Å²) >= 11 is 1.77. The first-order valence-corrected chi connectivity index (χ1v) is 20.1. The Labute approximate surface area is 334 Å². The van der Waals surface area contributed by atoms with Gasteiger partial charge in [0.15, 0.2) is 5.82 Å². The quantitative estimate of drug-likeness (QED) is 0.180. The van der Waals surface area contributed by atoms with Crippen LogP contribution in [0.5, 0.6) is 11.5 Å². The maximum atomic E-state index is 6.58. The van der Waals surface area contributed by atoms with Crippen molar-refractivity contribution in [3.63, 3.8) is 0 Å². The van der Waals surface area contributed by atoms with Gasteiger partial charge in [0.25, 0.3) is 0 Å². The maximum Gasteiger partial charge on any atom is 0.160 e. The molecule has 3 nitrogen and oxygen atoms in total. The average Bonchev–Trinajstić information content (AvgIpc) is 3.80. The summed E-state index contributed by atoms with van der Waals surface area (Å²) in [6.07, 6.45) is 0. The van der Waals surface area contributed by atoms with Gasteiger partial charge < -0.3 is 4.74 Å². The van der Waals surface area contributed by atoms with Gasteiger partial charge in [-0.3, -0.25) is 0 Å². The van der Waals surface area contributed by atoms with Crippen LogP contribution in [0.4, 0.5) is 0 Å². The molecule has 1 aliphatic carbocycles. The second-order valence-electron chi connectivity index (χ2n) is 14.9. The molecule has 1 spiro atoms. The summed E-state index contributed by atoms with van der Waals surface area (Å²) in [6, 6.07) is 69.4. The Bertz CT molecular complexity index is 3120. The molecule has 2 aromatic heterocycles. The molecule has 12 rings (SSSR count). The molecule has 2 aliphatic rings. The van der Waals surface area contributed by atoms with E-state index in [-0.39, 0.29) is 0 Å². The third-order valence-electron chi connectivity index (χ3n) is 11.7. The van der Waals surface area contributed by atoms with Crippen molar-refractivity contribution in [3.8, 4) is 67.5 Å². The molecule has 0 N–H and O–H groups in total. The van der Waals surface area contributed by atoms with Crippen molar-refractivity contribution in [1.82, 2.24) is 9.97 Å².